The first-order valence-corrected chi connectivity index (χ1v) is 12.9. The number of aliphatic hydroxyl groups is 4. The lowest BCUT2D eigenvalue weighted by atomic mass is 9.71. The van der Waals surface area contributed by atoms with Crippen LogP contribution in [0.2, 0.25) is 0 Å². The third-order valence-corrected chi connectivity index (χ3v) is 7.32. The normalized spacial score (nSPS) is 26.2. The summed E-state index contributed by atoms with van der Waals surface area (Å²) in [5, 5.41) is 43.8. The Kier molecular flexibility index (Phi) is 8.98. The molecule has 0 aromatic rings. The van der Waals surface area contributed by atoms with E-state index in [1.165, 1.54) is 0 Å². The first-order valence-electron chi connectivity index (χ1n) is 12.9. The smallest absolute Gasteiger partial charge is 0.325 e. The summed E-state index contributed by atoms with van der Waals surface area (Å²) in [5.74, 6) is -1.15. The van der Waals surface area contributed by atoms with E-state index in [0.29, 0.717) is 25.7 Å². The van der Waals surface area contributed by atoms with Crippen LogP contribution in [0.1, 0.15) is 107 Å². The molecule has 0 aromatic carbocycles. The second kappa shape index (κ2) is 10.5. The first kappa shape index (κ1) is 30.9. The summed E-state index contributed by atoms with van der Waals surface area (Å²) >= 11 is 0. The highest BCUT2D eigenvalue weighted by Crippen LogP contribution is 2.46. The van der Waals surface area contributed by atoms with E-state index in [1.807, 2.05) is 55.4 Å². The van der Waals surface area contributed by atoms with Gasteiger partial charge in [-0.05, 0) is 93.9 Å². The van der Waals surface area contributed by atoms with Crippen molar-refractivity contribution in [2.45, 2.75) is 140 Å². The molecule has 0 spiro atoms. The number of hydrogen-bond donors (Lipinski definition) is 4. The molecule has 10 nitrogen and oxygen atoms in total. The van der Waals surface area contributed by atoms with E-state index in [9.17, 15) is 30.0 Å². The van der Waals surface area contributed by atoms with E-state index in [-0.39, 0.29) is 38.9 Å². The fraction of sp³-hybridized carbons (Fsp3) is 0.923. The van der Waals surface area contributed by atoms with Crippen molar-refractivity contribution in [2.75, 3.05) is 13.2 Å². The molecule has 2 fully saturated rings. The molecular weight excluding hydrogens is 468 g/mol. The third-order valence-electron chi connectivity index (χ3n) is 7.32. The molecule has 0 saturated carbocycles. The quantitative estimate of drug-likeness (QED) is 0.361. The Morgan fingerprint density at radius 2 is 0.861 bits per heavy atom. The van der Waals surface area contributed by atoms with Gasteiger partial charge in [0.1, 0.15) is 0 Å². The minimum absolute atomic E-state index is 0.129. The van der Waals surface area contributed by atoms with Crippen molar-refractivity contribution >= 4 is 11.9 Å². The number of nitrogens with zero attached hydrogens (tertiary/aromatic N) is 2. The van der Waals surface area contributed by atoms with Gasteiger partial charge >= 0.3 is 11.9 Å². The molecule has 2 rings (SSSR count). The fourth-order valence-electron chi connectivity index (χ4n) is 7.04. The highest BCUT2D eigenvalue weighted by Gasteiger charge is 2.55. The van der Waals surface area contributed by atoms with E-state index >= 15 is 0 Å². The summed E-state index contributed by atoms with van der Waals surface area (Å²) in [6, 6.07) is 0. The van der Waals surface area contributed by atoms with Crippen LogP contribution in [0.3, 0.4) is 0 Å². The van der Waals surface area contributed by atoms with Gasteiger partial charge in [-0.15, -0.1) is 10.1 Å². The fourth-order valence-corrected chi connectivity index (χ4v) is 7.04. The van der Waals surface area contributed by atoms with Crippen LogP contribution >= 0.6 is 0 Å². The average molecular weight is 517 g/mol. The van der Waals surface area contributed by atoms with Crippen molar-refractivity contribution in [3.63, 3.8) is 0 Å². The van der Waals surface area contributed by atoms with E-state index < -0.39 is 45.3 Å². The zero-order valence-electron chi connectivity index (χ0n) is 23.4. The molecule has 2 heterocycles. The van der Waals surface area contributed by atoms with Crippen LogP contribution in [0.5, 0.6) is 0 Å². The summed E-state index contributed by atoms with van der Waals surface area (Å²) in [6.07, 6.45) is 1.42. The van der Waals surface area contributed by atoms with Gasteiger partial charge in [0, 0.05) is 13.2 Å². The van der Waals surface area contributed by atoms with Crippen molar-refractivity contribution in [2.24, 2.45) is 0 Å². The van der Waals surface area contributed by atoms with Crippen molar-refractivity contribution in [1.82, 2.24) is 10.1 Å². The number of carbonyl (C=O) groups excluding carboxylic acids is 2. The second-order valence-corrected chi connectivity index (χ2v) is 13.4. The van der Waals surface area contributed by atoms with Gasteiger partial charge in [0.05, 0.1) is 46.2 Å². The van der Waals surface area contributed by atoms with E-state index in [1.54, 1.807) is 10.1 Å². The number of hydrogen-bond acceptors (Lipinski definition) is 10. The van der Waals surface area contributed by atoms with Crippen LogP contribution in [0.15, 0.2) is 0 Å². The Morgan fingerprint density at radius 3 is 1.08 bits per heavy atom. The predicted molar refractivity (Wildman–Crippen MR) is 133 cm³/mol. The molecule has 36 heavy (non-hydrogen) atoms. The lowest BCUT2D eigenvalue weighted by Gasteiger charge is -2.56. The van der Waals surface area contributed by atoms with Crippen molar-refractivity contribution in [3.05, 3.63) is 0 Å². The molecule has 0 aliphatic carbocycles. The van der Waals surface area contributed by atoms with E-state index in [2.05, 4.69) is 0 Å². The van der Waals surface area contributed by atoms with Gasteiger partial charge in [-0.3, -0.25) is 9.59 Å². The average Bonchev–Trinajstić information content (AvgIpc) is 2.64. The lowest BCUT2D eigenvalue weighted by Crippen LogP contribution is -2.66. The highest BCUT2D eigenvalue weighted by molar-refractivity contribution is 5.77. The highest BCUT2D eigenvalue weighted by atomic mass is 16.7. The van der Waals surface area contributed by atoms with Crippen LogP contribution in [0, 0.1) is 0 Å². The van der Waals surface area contributed by atoms with Gasteiger partial charge in [-0.2, -0.15) is 0 Å². The van der Waals surface area contributed by atoms with Crippen molar-refractivity contribution in [3.8, 4) is 0 Å². The number of piperidine rings is 2. The van der Waals surface area contributed by atoms with E-state index in [0.717, 1.165) is 0 Å². The summed E-state index contributed by atoms with van der Waals surface area (Å²) in [5.41, 5.74) is -4.87. The molecular formula is C26H48N2O8. The van der Waals surface area contributed by atoms with Crippen LogP contribution in [-0.2, 0) is 19.3 Å². The lowest BCUT2D eigenvalue weighted by molar-refractivity contribution is -0.293. The maximum Gasteiger partial charge on any atom is 0.325 e. The Bertz CT molecular complexity index is 706. The molecule has 4 N–H and O–H groups in total. The molecule has 0 amide bonds. The molecule has 0 radical (unpaired) electrons. The second-order valence-electron chi connectivity index (χ2n) is 13.4. The SMILES string of the molecule is CC1(C)CC(O)(CCO)CC(C)(C)N1OC(=O)CCC(=O)ON1C(C)(C)CC(O)(CCO)CC1(C)C. The van der Waals surface area contributed by atoms with Gasteiger partial charge in [-0.1, -0.05) is 0 Å². The minimum Gasteiger partial charge on any atom is -0.396 e. The van der Waals surface area contributed by atoms with Gasteiger partial charge in [0.25, 0.3) is 0 Å². The summed E-state index contributed by atoms with van der Waals surface area (Å²) in [6.45, 7) is 14.7. The van der Waals surface area contributed by atoms with Gasteiger partial charge < -0.3 is 30.1 Å². The van der Waals surface area contributed by atoms with Crippen LogP contribution < -0.4 is 0 Å². The molecule has 0 aromatic heterocycles. The molecule has 0 bridgehead atoms. The molecule has 2 aliphatic heterocycles. The minimum atomic E-state index is -1.06. The van der Waals surface area contributed by atoms with Crippen LogP contribution in [0.4, 0.5) is 0 Å². The number of carbonyl (C=O) groups is 2. The largest absolute Gasteiger partial charge is 0.396 e. The first-order chi connectivity index (χ1) is 16.2. The topological polar surface area (TPSA) is 140 Å². The van der Waals surface area contributed by atoms with Gasteiger partial charge in [-0.25, -0.2) is 0 Å². The molecule has 2 saturated heterocycles. The van der Waals surface area contributed by atoms with Crippen molar-refractivity contribution in [1.29, 1.82) is 0 Å². The number of aliphatic hydroxyl groups excluding tert-OH is 2. The Morgan fingerprint density at radius 1 is 0.611 bits per heavy atom. The van der Waals surface area contributed by atoms with Crippen LogP contribution in [-0.4, -0.2) is 89.1 Å². The zero-order valence-corrected chi connectivity index (χ0v) is 23.4. The molecule has 0 atom stereocenters. The Balaban J connectivity index is 2.00. The summed E-state index contributed by atoms with van der Waals surface area (Å²) in [7, 11) is 0. The van der Waals surface area contributed by atoms with Crippen molar-refractivity contribution < 1.29 is 39.7 Å². The maximum atomic E-state index is 12.7. The predicted octanol–water partition coefficient (Wildman–Crippen LogP) is 2.22. The standard InChI is InChI=1S/C26H48N2O8/c1-21(2)15-25(33,11-13-29)16-22(3,4)27(21)35-19(31)9-10-20(32)36-28-23(5,6)17-26(34,12-14-30)18-24(28,7)8/h29-30,33-34H,9-18H2,1-8H3. The summed E-state index contributed by atoms with van der Waals surface area (Å²) in [4.78, 5) is 36.9. The zero-order chi connectivity index (χ0) is 27.8. The maximum absolute atomic E-state index is 12.7. The number of rotatable bonds is 9. The molecule has 2 aliphatic rings. The van der Waals surface area contributed by atoms with E-state index in [4.69, 9.17) is 9.68 Å². The van der Waals surface area contributed by atoms with Gasteiger partial charge in [0.15, 0.2) is 0 Å². The van der Waals surface area contributed by atoms with Crippen LogP contribution in [0.25, 0.3) is 0 Å². The molecule has 10 heteroatoms. The molecule has 210 valence electrons. The Labute approximate surface area is 215 Å². The third kappa shape index (κ3) is 7.17. The monoisotopic (exact) mass is 516 g/mol. The Hall–Kier alpha value is -1.30. The summed E-state index contributed by atoms with van der Waals surface area (Å²) < 4.78 is 0. The van der Waals surface area contributed by atoms with Gasteiger partial charge in [0.2, 0.25) is 0 Å². The number of hydroxylamine groups is 4. The molecule has 0 unspecified atom stereocenters.